The Balaban J connectivity index is 2.89. The zero-order chi connectivity index (χ0) is 12.8. The minimum absolute atomic E-state index is 0.00182. The normalized spacial score (nSPS) is 10.1. The lowest BCUT2D eigenvalue weighted by molar-refractivity contribution is -0.119. The molecule has 0 saturated carbocycles. The van der Waals surface area contributed by atoms with Gasteiger partial charge in [-0.25, -0.2) is 0 Å². The highest BCUT2D eigenvalue weighted by Gasteiger charge is 2.09. The largest absolute Gasteiger partial charge is 0.497 e. The highest BCUT2D eigenvalue weighted by Crippen LogP contribution is 2.32. The summed E-state index contributed by atoms with van der Waals surface area (Å²) >= 11 is 0. The van der Waals surface area contributed by atoms with Crippen molar-refractivity contribution in [2.24, 2.45) is 5.73 Å². The maximum absolute atomic E-state index is 10.7. The molecule has 0 aliphatic heterocycles. The van der Waals surface area contributed by atoms with Crippen LogP contribution in [0.25, 0.3) is 0 Å². The molecule has 17 heavy (non-hydrogen) atoms. The Kier molecular flexibility index (Phi) is 4.63. The van der Waals surface area contributed by atoms with Gasteiger partial charge in [0.05, 0.1) is 13.2 Å². The number of nitrogens with two attached hydrogens (primary N) is 1. The summed E-state index contributed by atoms with van der Waals surface area (Å²) in [5.41, 5.74) is 5.02. The Morgan fingerprint density at radius 1 is 1.35 bits per heavy atom. The molecule has 0 radical (unpaired) electrons. The average Bonchev–Trinajstić information content (AvgIpc) is 2.26. The summed E-state index contributed by atoms with van der Waals surface area (Å²) in [5, 5.41) is 0. The van der Waals surface area contributed by atoms with Crippen molar-refractivity contribution in [1.29, 1.82) is 0 Å². The van der Waals surface area contributed by atoms with Gasteiger partial charge in [-0.15, -0.1) is 0 Å². The van der Waals surface area contributed by atoms with Crippen molar-refractivity contribution < 1.29 is 19.0 Å². The van der Waals surface area contributed by atoms with Crippen LogP contribution >= 0.6 is 0 Å². The van der Waals surface area contributed by atoms with Crippen LogP contribution < -0.4 is 19.9 Å². The fourth-order valence-electron chi connectivity index (χ4n) is 1.23. The second-order valence-corrected chi connectivity index (χ2v) is 3.73. The van der Waals surface area contributed by atoms with E-state index in [0.29, 0.717) is 17.2 Å². The van der Waals surface area contributed by atoms with Crippen molar-refractivity contribution >= 4 is 5.91 Å². The minimum Gasteiger partial charge on any atom is -0.497 e. The van der Waals surface area contributed by atoms with Crippen molar-refractivity contribution in [2.75, 3.05) is 13.7 Å². The fourth-order valence-corrected chi connectivity index (χ4v) is 1.23. The summed E-state index contributed by atoms with van der Waals surface area (Å²) in [6.45, 7) is 3.62. The molecule has 0 atom stereocenters. The first kappa shape index (κ1) is 13.2. The summed E-state index contributed by atoms with van der Waals surface area (Å²) in [4.78, 5) is 10.7. The molecule has 1 rings (SSSR count). The average molecular weight is 239 g/mol. The van der Waals surface area contributed by atoms with Crippen molar-refractivity contribution in [2.45, 2.75) is 20.0 Å². The molecule has 0 saturated heterocycles. The predicted molar refractivity (Wildman–Crippen MR) is 63.4 cm³/mol. The van der Waals surface area contributed by atoms with Crippen LogP contribution in [0.2, 0.25) is 0 Å². The number of carbonyl (C=O) groups is 1. The second kappa shape index (κ2) is 5.98. The lowest BCUT2D eigenvalue weighted by Crippen LogP contribution is -2.20. The number of amides is 1. The molecule has 1 amide bonds. The Bertz CT molecular complexity index is 390. The number of rotatable bonds is 6. The van der Waals surface area contributed by atoms with E-state index >= 15 is 0 Å². The molecule has 0 bridgehead atoms. The van der Waals surface area contributed by atoms with E-state index in [1.807, 2.05) is 13.8 Å². The van der Waals surface area contributed by atoms with E-state index in [1.165, 1.54) is 0 Å². The van der Waals surface area contributed by atoms with Crippen molar-refractivity contribution in [3.63, 3.8) is 0 Å². The van der Waals surface area contributed by atoms with E-state index in [9.17, 15) is 4.79 Å². The zero-order valence-corrected chi connectivity index (χ0v) is 10.2. The maximum atomic E-state index is 10.7. The van der Waals surface area contributed by atoms with Gasteiger partial charge in [0.15, 0.2) is 18.1 Å². The number of hydrogen-bond donors (Lipinski definition) is 1. The lowest BCUT2D eigenvalue weighted by atomic mass is 10.3. The molecule has 94 valence electrons. The fraction of sp³-hybridized carbons (Fsp3) is 0.417. The van der Waals surface area contributed by atoms with Gasteiger partial charge in [0, 0.05) is 6.07 Å². The van der Waals surface area contributed by atoms with E-state index < -0.39 is 5.91 Å². The van der Waals surface area contributed by atoms with Gasteiger partial charge in [-0.05, 0) is 26.0 Å². The Labute approximate surface area is 100 Å². The molecule has 0 spiro atoms. The second-order valence-electron chi connectivity index (χ2n) is 3.73. The third-order valence-corrected chi connectivity index (χ3v) is 1.88. The number of primary amides is 1. The number of methoxy groups -OCH3 is 1. The van der Waals surface area contributed by atoms with Gasteiger partial charge in [-0.2, -0.15) is 0 Å². The Morgan fingerprint density at radius 3 is 2.59 bits per heavy atom. The molecule has 1 aromatic rings. The van der Waals surface area contributed by atoms with Crippen LogP contribution in [0, 0.1) is 0 Å². The Hall–Kier alpha value is -1.91. The van der Waals surface area contributed by atoms with Gasteiger partial charge in [-0.1, -0.05) is 0 Å². The summed E-state index contributed by atoms with van der Waals surface area (Å²) < 4.78 is 15.9. The van der Waals surface area contributed by atoms with Crippen LogP contribution in [0.1, 0.15) is 13.8 Å². The first-order chi connectivity index (χ1) is 8.02. The van der Waals surface area contributed by atoms with E-state index in [-0.39, 0.29) is 12.7 Å². The standard InChI is InChI=1S/C12H17NO4/c1-8(2)17-11-6-9(15-3)4-5-10(11)16-7-12(13)14/h4-6,8H,7H2,1-3H3,(H2,13,14). The van der Waals surface area contributed by atoms with Gasteiger partial charge in [0.25, 0.3) is 5.91 Å². The van der Waals surface area contributed by atoms with Crippen molar-refractivity contribution in [1.82, 2.24) is 0 Å². The third kappa shape index (κ3) is 4.22. The molecule has 0 aliphatic rings. The van der Waals surface area contributed by atoms with Crippen molar-refractivity contribution in [3.05, 3.63) is 18.2 Å². The van der Waals surface area contributed by atoms with E-state index in [1.54, 1.807) is 25.3 Å². The molecule has 2 N–H and O–H groups in total. The monoisotopic (exact) mass is 239 g/mol. The third-order valence-electron chi connectivity index (χ3n) is 1.88. The SMILES string of the molecule is COc1ccc(OCC(N)=O)c(OC(C)C)c1. The van der Waals surface area contributed by atoms with Crippen LogP contribution in [-0.2, 0) is 4.79 Å². The van der Waals surface area contributed by atoms with Crippen LogP contribution in [0.15, 0.2) is 18.2 Å². The summed E-state index contributed by atoms with van der Waals surface area (Å²) in [7, 11) is 1.57. The first-order valence-electron chi connectivity index (χ1n) is 5.28. The number of hydrogen-bond acceptors (Lipinski definition) is 4. The maximum Gasteiger partial charge on any atom is 0.255 e. The first-order valence-corrected chi connectivity index (χ1v) is 5.28. The number of carbonyl (C=O) groups excluding carboxylic acids is 1. The molecule has 5 nitrogen and oxygen atoms in total. The Morgan fingerprint density at radius 2 is 2.06 bits per heavy atom. The summed E-state index contributed by atoms with van der Waals surface area (Å²) in [6, 6.07) is 5.11. The topological polar surface area (TPSA) is 70.8 Å². The van der Waals surface area contributed by atoms with Gasteiger partial charge < -0.3 is 19.9 Å². The molecular formula is C12H17NO4. The molecule has 1 aromatic carbocycles. The van der Waals surface area contributed by atoms with Gasteiger partial charge in [0.1, 0.15) is 5.75 Å². The molecular weight excluding hydrogens is 222 g/mol. The van der Waals surface area contributed by atoms with Gasteiger partial charge >= 0.3 is 0 Å². The predicted octanol–water partition coefficient (Wildman–Crippen LogP) is 1.35. The minimum atomic E-state index is -0.531. The number of ether oxygens (including phenoxy) is 3. The molecule has 0 unspecified atom stereocenters. The van der Waals surface area contributed by atoms with Gasteiger partial charge in [0.2, 0.25) is 0 Å². The van der Waals surface area contributed by atoms with E-state index in [2.05, 4.69) is 0 Å². The van der Waals surface area contributed by atoms with Crippen LogP contribution in [0.5, 0.6) is 17.2 Å². The highest BCUT2D eigenvalue weighted by atomic mass is 16.5. The summed E-state index contributed by atoms with van der Waals surface area (Å²) in [5.74, 6) is 1.13. The molecule has 0 aliphatic carbocycles. The molecule has 0 fully saturated rings. The molecule has 0 heterocycles. The highest BCUT2D eigenvalue weighted by molar-refractivity contribution is 5.75. The molecule has 5 heteroatoms. The van der Waals surface area contributed by atoms with Crippen LogP contribution in [-0.4, -0.2) is 25.7 Å². The number of benzene rings is 1. The zero-order valence-electron chi connectivity index (χ0n) is 10.2. The van der Waals surface area contributed by atoms with E-state index in [4.69, 9.17) is 19.9 Å². The van der Waals surface area contributed by atoms with Crippen molar-refractivity contribution in [3.8, 4) is 17.2 Å². The molecule has 0 aromatic heterocycles. The van der Waals surface area contributed by atoms with Crippen LogP contribution in [0.3, 0.4) is 0 Å². The van der Waals surface area contributed by atoms with Gasteiger partial charge in [-0.3, -0.25) is 4.79 Å². The smallest absolute Gasteiger partial charge is 0.255 e. The van der Waals surface area contributed by atoms with Crippen LogP contribution in [0.4, 0.5) is 0 Å². The summed E-state index contributed by atoms with van der Waals surface area (Å²) in [6.07, 6.45) is -0.00182. The quantitative estimate of drug-likeness (QED) is 0.813. The van der Waals surface area contributed by atoms with E-state index in [0.717, 1.165) is 0 Å². The lowest BCUT2D eigenvalue weighted by Gasteiger charge is -2.15.